The van der Waals surface area contributed by atoms with E-state index in [0.717, 1.165) is 0 Å². The lowest BCUT2D eigenvalue weighted by Gasteiger charge is -2.32. The van der Waals surface area contributed by atoms with Crippen LogP contribution in [0.3, 0.4) is 0 Å². The van der Waals surface area contributed by atoms with Crippen molar-refractivity contribution < 1.29 is 23.1 Å². The van der Waals surface area contributed by atoms with Crippen molar-refractivity contribution in [1.82, 2.24) is 5.01 Å². The smallest absolute Gasteiger partial charge is 0.362 e. The van der Waals surface area contributed by atoms with E-state index in [-0.39, 0.29) is 16.3 Å². The summed E-state index contributed by atoms with van der Waals surface area (Å²) < 4.78 is 38.9. The summed E-state index contributed by atoms with van der Waals surface area (Å²) in [5.74, 6) is -1.04. The van der Waals surface area contributed by atoms with E-state index in [9.17, 15) is 23.1 Å². The number of halogens is 4. The highest BCUT2D eigenvalue weighted by atomic mass is 35.5. The molecule has 0 fully saturated rings. The third kappa shape index (κ3) is 2.38. The zero-order valence-corrected chi connectivity index (χ0v) is 11.0. The van der Waals surface area contributed by atoms with Gasteiger partial charge < -0.3 is 5.11 Å². The zero-order chi connectivity index (χ0) is 15.1. The molecule has 1 N–H and O–H groups in total. The average molecular weight is 307 g/mol. The van der Waals surface area contributed by atoms with Crippen LogP contribution < -0.4 is 0 Å². The second-order valence-corrected chi connectivity index (χ2v) is 4.89. The minimum absolute atomic E-state index is 0.0205. The van der Waals surface area contributed by atoms with E-state index in [0.29, 0.717) is 5.02 Å². The summed E-state index contributed by atoms with van der Waals surface area (Å²) in [6, 6.07) is 5.28. The fraction of sp³-hybridized carbons (Fsp3) is 0.333. The number of hydrazone groups is 1. The Morgan fingerprint density at radius 2 is 1.95 bits per heavy atom. The number of hydrogen-bond acceptors (Lipinski definition) is 3. The molecule has 0 unspecified atom stereocenters. The molecule has 0 saturated heterocycles. The first-order valence-corrected chi connectivity index (χ1v) is 5.96. The van der Waals surface area contributed by atoms with Gasteiger partial charge in [0.15, 0.2) is 0 Å². The first kappa shape index (κ1) is 14.8. The molecule has 0 bridgehead atoms. The molecular weight excluding hydrogens is 297 g/mol. The van der Waals surface area contributed by atoms with Crippen LogP contribution in [0.15, 0.2) is 29.4 Å². The molecule has 1 aromatic carbocycles. The maximum atomic E-state index is 13.0. The van der Waals surface area contributed by atoms with Crippen molar-refractivity contribution >= 4 is 23.2 Å². The molecule has 1 atom stereocenters. The molecule has 4 nitrogen and oxygen atoms in total. The third-order valence-corrected chi connectivity index (χ3v) is 3.11. The van der Waals surface area contributed by atoms with Gasteiger partial charge in [0.05, 0.1) is 0 Å². The van der Waals surface area contributed by atoms with Crippen molar-refractivity contribution in [2.75, 3.05) is 0 Å². The van der Waals surface area contributed by atoms with Crippen LogP contribution in [-0.4, -0.2) is 33.6 Å². The van der Waals surface area contributed by atoms with Gasteiger partial charge in [0, 0.05) is 22.7 Å². The van der Waals surface area contributed by atoms with E-state index in [4.69, 9.17) is 11.6 Å². The van der Waals surface area contributed by atoms with Crippen LogP contribution in [0.2, 0.25) is 5.02 Å². The average Bonchev–Trinajstić information content (AvgIpc) is 2.65. The van der Waals surface area contributed by atoms with Gasteiger partial charge in [-0.25, -0.2) is 0 Å². The van der Waals surface area contributed by atoms with Gasteiger partial charge in [0.2, 0.25) is 0 Å². The maximum Gasteiger partial charge on any atom is 0.438 e. The van der Waals surface area contributed by atoms with E-state index in [2.05, 4.69) is 5.10 Å². The third-order valence-electron chi connectivity index (χ3n) is 2.86. The fourth-order valence-electron chi connectivity index (χ4n) is 1.87. The number of carbonyl (C=O) groups is 1. The summed E-state index contributed by atoms with van der Waals surface area (Å²) in [6.07, 6.45) is -5.77. The molecule has 8 heteroatoms. The number of amides is 1. The van der Waals surface area contributed by atoms with Crippen LogP contribution in [-0.2, 0) is 0 Å². The number of nitrogens with zero attached hydrogens (tertiary/aromatic N) is 2. The van der Waals surface area contributed by atoms with E-state index in [1.807, 2.05) is 0 Å². The monoisotopic (exact) mass is 306 g/mol. The second kappa shape index (κ2) is 4.75. The Kier molecular flexibility index (Phi) is 3.51. The molecule has 0 saturated carbocycles. The first-order valence-electron chi connectivity index (χ1n) is 5.58. The van der Waals surface area contributed by atoms with Crippen LogP contribution >= 0.6 is 11.6 Å². The molecule has 1 aliphatic rings. The lowest BCUT2D eigenvalue weighted by molar-refractivity contribution is -0.297. The Labute approximate surface area is 117 Å². The van der Waals surface area contributed by atoms with Gasteiger partial charge in [-0.2, -0.15) is 23.3 Å². The first-order chi connectivity index (χ1) is 9.15. The van der Waals surface area contributed by atoms with Crippen LogP contribution in [0.4, 0.5) is 13.2 Å². The molecule has 0 spiro atoms. The summed E-state index contributed by atoms with van der Waals surface area (Å²) in [4.78, 5) is 12.1. The van der Waals surface area contributed by atoms with Crippen LogP contribution in [0.25, 0.3) is 0 Å². The minimum atomic E-state index is -5.00. The van der Waals surface area contributed by atoms with Gasteiger partial charge in [-0.05, 0) is 31.2 Å². The molecular formula is C12H10ClF3N2O2. The molecule has 0 aliphatic carbocycles. The Morgan fingerprint density at radius 1 is 1.40 bits per heavy atom. The SMILES string of the molecule is CC1=NN(C(=O)c2ccc(Cl)cc2)[C@](O)(C(F)(F)F)C1. The molecule has 1 aliphatic heterocycles. The van der Waals surface area contributed by atoms with Crippen molar-refractivity contribution in [3.63, 3.8) is 0 Å². The predicted octanol–water partition coefficient (Wildman–Crippen LogP) is 2.81. The van der Waals surface area contributed by atoms with Gasteiger partial charge in [0.1, 0.15) is 0 Å². The Morgan fingerprint density at radius 3 is 2.45 bits per heavy atom. The predicted molar refractivity (Wildman–Crippen MR) is 66.4 cm³/mol. The normalized spacial score (nSPS) is 22.9. The Balaban J connectivity index is 2.39. The molecule has 1 heterocycles. The second-order valence-electron chi connectivity index (χ2n) is 4.45. The summed E-state index contributed by atoms with van der Waals surface area (Å²) in [5.41, 5.74) is -3.34. The highest BCUT2D eigenvalue weighted by Crippen LogP contribution is 2.40. The largest absolute Gasteiger partial charge is 0.438 e. The van der Waals surface area contributed by atoms with Crippen molar-refractivity contribution in [3.8, 4) is 0 Å². The molecule has 2 rings (SSSR count). The Hall–Kier alpha value is -1.60. The van der Waals surface area contributed by atoms with Gasteiger partial charge in [-0.15, -0.1) is 0 Å². The summed E-state index contributed by atoms with van der Waals surface area (Å²) in [5, 5.41) is 13.7. The van der Waals surface area contributed by atoms with Crippen LogP contribution in [0.1, 0.15) is 23.7 Å². The fourth-order valence-corrected chi connectivity index (χ4v) is 1.99. The van der Waals surface area contributed by atoms with E-state index in [1.54, 1.807) is 0 Å². The van der Waals surface area contributed by atoms with Gasteiger partial charge >= 0.3 is 6.18 Å². The highest BCUT2D eigenvalue weighted by molar-refractivity contribution is 6.30. The van der Waals surface area contributed by atoms with Gasteiger partial charge in [-0.1, -0.05) is 11.6 Å². The van der Waals surface area contributed by atoms with Crippen LogP contribution in [0.5, 0.6) is 0 Å². The van der Waals surface area contributed by atoms with Gasteiger partial charge in [0.25, 0.3) is 11.6 Å². The highest BCUT2D eigenvalue weighted by Gasteiger charge is 2.62. The number of carbonyl (C=O) groups excluding carboxylic acids is 1. The number of aliphatic hydroxyl groups is 1. The molecule has 0 aromatic heterocycles. The van der Waals surface area contributed by atoms with E-state index >= 15 is 0 Å². The Bertz CT molecular complexity index is 571. The van der Waals surface area contributed by atoms with Gasteiger partial charge in [-0.3, -0.25) is 4.79 Å². The molecule has 1 amide bonds. The van der Waals surface area contributed by atoms with Crippen molar-refractivity contribution in [2.24, 2.45) is 5.10 Å². The van der Waals surface area contributed by atoms with Crippen LogP contribution in [0, 0.1) is 0 Å². The topological polar surface area (TPSA) is 52.9 Å². The molecule has 1 aromatic rings. The number of alkyl halides is 3. The lowest BCUT2D eigenvalue weighted by atomic mass is 10.1. The van der Waals surface area contributed by atoms with Crippen molar-refractivity contribution in [3.05, 3.63) is 34.9 Å². The quantitative estimate of drug-likeness (QED) is 0.867. The number of benzene rings is 1. The summed E-state index contributed by atoms with van der Waals surface area (Å²) >= 11 is 5.65. The molecule has 108 valence electrons. The summed E-state index contributed by atoms with van der Waals surface area (Å²) in [6.45, 7) is 1.31. The standard InChI is InChI=1S/C12H10ClF3N2O2/c1-7-6-11(20,12(14,15)16)18(17-7)10(19)8-2-4-9(13)5-3-8/h2-5,20H,6H2,1H3/t11-/m1/s1. The minimum Gasteiger partial charge on any atom is -0.362 e. The molecule has 0 radical (unpaired) electrons. The summed E-state index contributed by atoms with van der Waals surface area (Å²) in [7, 11) is 0. The number of rotatable bonds is 1. The lowest BCUT2D eigenvalue weighted by Crippen LogP contribution is -2.56. The zero-order valence-electron chi connectivity index (χ0n) is 10.3. The number of hydrogen-bond donors (Lipinski definition) is 1. The maximum absolute atomic E-state index is 13.0. The van der Waals surface area contributed by atoms with E-state index < -0.39 is 24.2 Å². The van der Waals surface area contributed by atoms with Crippen molar-refractivity contribution in [1.29, 1.82) is 0 Å². The molecule has 20 heavy (non-hydrogen) atoms. The van der Waals surface area contributed by atoms with E-state index in [1.165, 1.54) is 31.2 Å². The van der Waals surface area contributed by atoms with Crippen molar-refractivity contribution in [2.45, 2.75) is 25.2 Å².